The van der Waals surface area contributed by atoms with Crippen molar-refractivity contribution in [2.75, 3.05) is 25.1 Å². The second kappa shape index (κ2) is 8.78. The van der Waals surface area contributed by atoms with Crippen molar-refractivity contribution in [3.63, 3.8) is 0 Å². The van der Waals surface area contributed by atoms with Gasteiger partial charge in [-0.2, -0.15) is 0 Å². The van der Waals surface area contributed by atoms with E-state index in [9.17, 15) is 12.8 Å². The molecule has 0 unspecified atom stereocenters. The number of ether oxygens (including phenoxy) is 2. The van der Waals surface area contributed by atoms with Crippen LogP contribution in [0, 0.1) is 12.7 Å². The van der Waals surface area contributed by atoms with Crippen LogP contribution in [0.2, 0.25) is 0 Å². The van der Waals surface area contributed by atoms with Crippen LogP contribution in [-0.4, -0.2) is 54.6 Å². The Morgan fingerprint density at radius 3 is 2.61 bits per heavy atom. The molecule has 0 radical (unpaired) electrons. The van der Waals surface area contributed by atoms with Crippen LogP contribution in [0.3, 0.4) is 0 Å². The van der Waals surface area contributed by atoms with Gasteiger partial charge in [-0.3, -0.25) is 4.98 Å². The molecule has 2 aromatic rings. The molecule has 8 nitrogen and oxygen atoms in total. The molecule has 0 bridgehead atoms. The highest BCUT2D eigenvalue weighted by molar-refractivity contribution is 7.90. The fourth-order valence-electron chi connectivity index (χ4n) is 2.78. The molecule has 1 aliphatic heterocycles. The van der Waals surface area contributed by atoms with Crippen molar-refractivity contribution in [1.29, 1.82) is 0 Å². The lowest BCUT2D eigenvalue weighted by Crippen LogP contribution is -2.34. The third-order valence-electron chi connectivity index (χ3n) is 4.37. The number of hydrogen-bond acceptors (Lipinski definition) is 8. The molecule has 0 aliphatic carbocycles. The Balaban J connectivity index is 1.71. The monoisotopic (exact) mass is 410 g/mol. The summed E-state index contributed by atoms with van der Waals surface area (Å²) < 4.78 is 48.3. The van der Waals surface area contributed by atoms with Crippen LogP contribution >= 0.6 is 0 Å². The zero-order valence-electron chi connectivity index (χ0n) is 15.8. The van der Waals surface area contributed by atoms with Crippen LogP contribution in [0.1, 0.15) is 24.1 Å². The Labute approximate surface area is 163 Å². The van der Waals surface area contributed by atoms with Gasteiger partial charge >= 0.3 is 0 Å². The molecule has 2 aromatic heterocycles. The van der Waals surface area contributed by atoms with Crippen molar-refractivity contribution >= 4 is 9.84 Å². The van der Waals surface area contributed by atoms with Crippen LogP contribution in [-0.2, 0) is 16.3 Å². The van der Waals surface area contributed by atoms with Crippen LogP contribution in [0.5, 0.6) is 17.5 Å². The first-order valence-electron chi connectivity index (χ1n) is 9.01. The summed E-state index contributed by atoms with van der Waals surface area (Å²) in [7, 11) is -3.15. The lowest BCUT2D eigenvalue weighted by molar-refractivity contribution is 0.154. The van der Waals surface area contributed by atoms with Crippen LogP contribution in [0.15, 0.2) is 18.6 Å². The summed E-state index contributed by atoms with van der Waals surface area (Å²) in [5.41, 5.74) is 0.909. The molecular weight excluding hydrogens is 387 g/mol. The number of nitrogens with zero attached hydrogens (tertiary/aromatic N) is 3. The number of aromatic nitrogens is 3. The van der Waals surface area contributed by atoms with Crippen molar-refractivity contribution in [1.82, 2.24) is 20.3 Å². The lowest BCUT2D eigenvalue weighted by atomic mass is 10.1. The van der Waals surface area contributed by atoms with Gasteiger partial charge in [-0.25, -0.2) is 22.8 Å². The van der Waals surface area contributed by atoms with Crippen molar-refractivity contribution in [3.05, 3.63) is 35.7 Å². The summed E-state index contributed by atoms with van der Waals surface area (Å²) in [6, 6.07) is 1.17. The summed E-state index contributed by atoms with van der Waals surface area (Å²) in [5.74, 6) is -0.240. The lowest BCUT2D eigenvalue weighted by Gasteiger charge is -2.24. The molecular formula is C18H23FN4O4S. The standard InChI is InChI=1S/C18H23FN4O4S/c1-12-17(26-14-3-6-20-7-4-14)22-11-23-18(12)27-16-10-21-13(9-15(16)19)5-8-28(2,24)25/h9-11,14,20H,3-8H2,1-2H3. The average molecular weight is 410 g/mol. The van der Waals surface area contributed by atoms with Crippen molar-refractivity contribution in [3.8, 4) is 17.5 Å². The SMILES string of the molecule is Cc1c(Oc2cnc(CCS(C)(=O)=O)cc2F)ncnc1OC1CCNCC1. The predicted molar refractivity (Wildman–Crippen MR) is 101 cm³/mol. The number of sulfone groups is 1. The Morgan fingerprint density at radius 2 is 1.93 bits per heavy atom. The van der Waals surface area contributed by atoms with Gasteiger partial charge in [0.1, 0.15) is 22.3 Å². The summed E-state index contributed by atoms with van der Waals surface area (Å²) in [6.45, 7) is 3.53. The van der Waals surface area contributed by atoms with Gasteiger partial charge in [-0.1, -0.05) is 0 Å². The minimum absolute atomic E-state index is 0.0650. The summed E-state index contributed by atoms with van der Waals surface area (Å²) >= 11 is 0. The van der Waals surface area contributed by atoms with E-state index >= 15 is 0 Å². The van der Waals surface area contributed by atoms with Gasteiger partial charge in [0.2, 0.25) is 11.8 Å². The van der Waals surface area contributed by atoms with Crippen molar-refractivity contribution in [2.45, 2.75) is 32.3 Å². The van der Waals surface area contributed by atoms with E-state index in [1.807, 2.05) is 0 Å². The molecule has 28 heavy (non-hydrogen) atoms. The second-order valence-corrected chi connectivity index (χ2v) is 9.02. The van der Waals surface area contributed by atoms with Crippen molar-refractivity contribution in [2.24, 2.45) is 0 Å². The smallest absolute Gasteiger partial charge is 0.229 e. The topological polar surface area (TPSA) is 103 Å². The Hall–Kier alpha value is -2.33. The third-order valence-corrected chi connectivity index (χ3v) is 5.31. The first-order valence-corrected chi connectivity index (χ1v) is 11.1. The maximum Gasteiger partial charge on any atom is 0.229 e. The quantitative estimate of drug-likeness (QED) is 0.737. The van der Waals surface area contributed by atoms with Gasteiger partial charge in [-0.05, 0) is 38.9 Å². The van der Waals surface area contributed by atoms with Crippen LogP contribution in [0.4, 0.5) is 4.39 Å². The molecule has 0 atom stereocenters. The molecule has 1 aliphatic rings. The fourth-order valence-corrected chi connectivity index (χ4v) is 3.36. The molecule has 0 amide bonds. The Morgan fingerprint density at radius 1 is 1.21 bits per heavy atom. The maximum absolute atomic E-state index is 14.4. The van der Waals surface area contributed by atoms with Crippen LogP contribution < -0.4 is 14.8 Å². The highest BCUT2D eigenvalue weighted by atomic mass is 32.2. The zero-order chi connectivity index (χ0) is 20.1. The minimum atomic E-state index is -3.15. The van der Waals surface area contributed by atoms with Crippen molar-refractivity contribution < 1.29 is 22.3 Å². The molecule has 10 heteroatoms. The molecule has 0 aromatic carbocycles. The summed E-state index contributed by atoms with van der Waals surface area (Å²) in [5, 5.41) is 3.27. The molecule has 1 fully saturated rings. The second-order valence-electron chi connectivity index (χ2n) is 6.76. The first kappa shape index (κ1) is 20.4. The van der Waals surface area contributed by atoms with Gasteiger partial charge < -0.3 is 14.8 Å². The van der Waals surface area contributed by atoms with E-state index in [0.717, 1.165) is 32.2 Å². The number of halogens is 1. The van der Waals surface area contributed by atoms with Gasteiger partial charge in [-0.15, -0.1) is 0 Å². The molecule has 0 saturated carbocycles. The number of aryl methyl sites for hydroxylation is 1. The van der Waals surface area contributed by atoms with Gasteiger partial charge in [0.25, 0.3) is 0 Å². The molecule has 152 valence electrons. The predicted octanol–water partition coefficient (Wildman–Crippen LogP) is 1.83. The zero-order valence-corrected chi connectivity index (χ0v) is 16.6. The van der Waals surface area contributed by atoms with Gasteiger partial charge in [0, 0.05) is 18.4 Å². The molecule has 0 spiro atoms. The number of nitrogens with one attached hydrogen (secondary N) is 1. The third kappa shape index (κ3) is 5.59. The largest absolute Gasteiger partial charge is 0.474 e. The summed E-state index contributed by atoms with van der Waals surface area (Å²) in [6.07, 6.45) is 5.63. The minimum Gasteiger partial charge on any atom is -0.474 e. The van der Waals surface area contributed by atoms with E-state index < -0.39 is 15.7 Å². The maximum atomic E-state index is 14.4. The normalized spacial score (nSPS) is 15.4. The molecule has 1 N–H and O–H groups in total. The van der Waals surface area contributed by atoms with E-state index in [-0.39, 0.29) is 29.9 Å². The van der Waals surface area contributed by atoms with E-state index in [1.165, 1.54) is 18.6 Å². The Bertz CT molecular complexity index is 933. The fraction of sp³-hybridized carbons (Fsp3) is 0.500. The number of pyridine rings is 1. The Kier molecular flexibility index (Phi) is 6.40. The number of rotatable bonds is 7. The van der Waals surface area contributed by atoms with Gasteiger partial charge in [0.15, 0.2) is 11.6 Å². The van der Waals surface area contributed by atoms with E-state index in [1.54, 1.807) is 6.92 Å². The van der Waals surface area contributed by atoms with Crippen LogP contribution in [0.25, 0.3) is 0 Å². The molecule has 3 rings (SSSR count). The highest BCUT2D eigenvalue weighted by Gasteiger charge is 2.19. The molecule has 1 saturated heterocycles. The van der Waals surface area contributed by atoms with E-state index in [2.05, 4.69) is 20.3 Å². The number of hydrogen-bond donors (Lipinski definition) is 1. The van der Waals surface area contributed by atoms with Gasteiger partial charge in [0.05, 0.1) is 17.5 Å². The highest BCUT2D eigenvalue weighted by Crippen LogP contribution is 2.29. The first-order chi connectivity index (χ1) is 13.3. The average Bonchev–Trinajstić information content (AvgIpc) is 2.65. The van der Waals surface area contributed by atoms with E-state index in [0.29, 0.717) is 17.1 Å². The van der Waals surface area contributed by atoms with E-state index in [4.69, 9.17) is 9.47 Å². The summed E-state index contributed by atoms with van der Waals surface area (Å²) in [4.78, 5) is 12.3. The number of piperidine rings is 1. The molecule has 3 heterocycles.